The molecule has 2 rings (SSSR count). The van der Waals surface area contributed by atoms with E-state index in [2.05, 4.69) is 0 Å². The van der Waals surface area contributed by atoms with E-state index in [4.69, 9.17) is 9.47 Å². The van der Waals surface area contributed by atoms with E-state index in [0.717, 1.165) is 12.8 Å². The van der Waals surface area contributed by atoms with E-state index in [0.29, 0.717) is 6.42 Å². The van der Waals surface area contributed by atoms with Crippen LogP contribution >= 0.6 is 0 Å². The Hall–Kier alpha value is -3.02. The van der Waals surface area contributed by atoms with Crippen molar-refractivity contribution in [3.05, 3.63) is 59.7 Å². The smallest absolute Gasteiger partial charge is 0.345 e. The molecule has 0 atom stereocenters. The van der Waals surface area contributed by atoms with Crippen LogP contribution in [-0.4, -0.2) is 27.9 Å². The highest BCUT2D eigenvalue weighted by molar-refractivity contribution is 5.94. The summed E-state index contributed by atoms with van der Waals surface area (Å²) in [7, 11) is 0. The maximum Gasteiger partial charge on any atom is 0.345 e. The van der Waals surface area contributed by atoms with E-state index in [9.17, 15) is 19.8 Å². The fourth-order valence-corrected chi connectivity index (χ4v) is 2.90. The lowest BCUT2D eigenvalue weighted by Crippen LogP contribution is -2.49. The molecule has 0 unspecified atom stereocenters. The maximum atomic E-state index is 12.8. The third-order valence-electron chi connectivity index (χ3n) is 5.21. The van der Waals surface area contributed by atoms with Gasteiger partial charge in [-0.25, -0.2) is 9.59 Å². The molecule has 0 aliphatic heterocycles. The molecule has 0 saturated heterocycles. The zero-order valence-corrected chi connectivity index (χ0v) is 17.3. The molecular weight excluding hydrogens is 372 g/mol. The van der Waals surface area contributed by atoms with Gasteiger partial charge in [-0.05, 0) is 30.7 Å². The van der Waals surface area contributed by atoms with Gasteiger partial charge in [0.1, 0.15) is 22.6 Å². The molecule has 0 amide bonds. The van der Waals surface area contributed by atoms with Crippen molar-refractivity contribution in [3.8, 4) is 11.5 Å². The molecule has 0 bridgehead atoms. The summed E-state index contributed by atoms with van der Waals surface area (Å²) in [6.45, 7) is 7.26. The molecule has 0 aliphatic carbocycles. The van der Waals surface area contributed by atoms with Crippen LogP contribution in [0.15, 0.2) is 48.5 Å². The minimum absolute atomic E-state index is 0.0244. The first kappa shape index (κ1) is 22.3. The summed E-state index contributed by atoms with van der Waals surface area (Å²) >= 11 is 0. The van der Waals surface area contributed by atoms with Gasteiger partial charge in [-0.2, -0.15) is 0 Å². The first-order valence-corrected chi connectivity index (χ1v) is 9.64. The number of ether oxygens (including phenoxy) is 2. The van der Waals surface area contributed by atoms with E-state index in [1.807, 2.05) is 20.8 Å². The summed E-state index contributed by atoms with van der Waals surface area (Å²) in [6, 6.07) is 12.0. The molecule has 2 aromatic rings. The topological polar surface area (TPSA) is 93.1 Å². The zero-order valence-electron chi connectivity index (χ0n) is 17.3. The number of aromatic hydroxyl groups is 2. The van der Waals surface area contributed by atoms with Crippen molar-refractivity contribution in [1.82, 2.24) is 0 Å². The molecule has 2 N–H and O–H groups in total. The van der Waals surface area contributed by atoms with Gasteiger partial charge in [0, 0.05) is 12.3 Å². The summed E-state index contributed by atoms with van der Waals surface area (Å²) in [4.78, 5) is 25.5. The SMILES string of the molecule is CCCCC(C)(C)C(C)(OC(=O)c1ccccc1O)OC(=O)c1ccccc1O. The van der Waals surface area contributed by atoms with Gasteiger partial charge in [0.15, 0.2) is 0 Å². The normalized spacial score (nSPS) is 11.7. The second-order valence-electron chi connectivity index (χ2n) is 7.75. The van der Waals surface area contributed by atoms with Crippen molar-refractivity contribution in [2.75, 3.05) is 0 Å². The predicted octanol–water partition coefficient (Wildman–Crippen LogP) is 5.04. The number of phenols is 2. The lowest BCUT2D eigenvalue weighted by Gasteiger charge is -2.42. The van der Waals surface area contributed by atoms with Crippen LogP contribution in [0.3, 0.4) is 0 Å². The lowest BCUT2D eigenvalue weighted by atomic mass is 9.79. The van der Waals surface area contributed by atoms with Crippen LogP contribution in [0.5, 0.6) is 11.5 Å². The number of rotatable bonds is 8. The molecular formula is C23H28O6. The Labute approximate surface area is 171 Å². The molecule has 0 spiro atoms. The molecule has 29 heavy (non-hydrogen) atoms. The van der Waals surface area contributed by atoms with Crippen LogP contribution < -0.4 is 0 Å². The van der Waals surface area contributed by atoms with E-state index in [1.165, 1.54) is 31.2 Å². The minimum Gasteiger partial charge on any atom is -0.507 e. The van der Waals surface area contributed by atoms with Crippen LogP contribution in [0.1, 0.15) is 67.7 Å². The van der Waals surface area contributed by atoms with Crippen molar-refractivity contribution in [2.24, 2.45) is 5.41 Å². The molecule has 0 heterocycles. The summed E-state index contributed by atoms with van der Waals surface area (Å²) in [5.74, 6) is -3.70. The number of benzene rings is 2. The lowest BCUT2D eigenvalue weighted by molar-refractivity contribution is -0.221. The molecule has 0 saturated carbocycles. The van der Waals surface area contributed by atoms with Crippen molar-refractivity contribution in [3.63, 3.8) is 0 Å². The average Bonchev–Trinajstić information content (AvgIpc) is 2.66. The molecule has 6 heteroatoms. The van der Waals surface area contributed by atoms with Crippen LogP contribution in [-0.2, 0) is 9.47 Å². The monoisotopic (exact) mass is 400 g/mol. The number of phenolic OH excluding ortho intramolecular Hbond substituents is 2. The highest BCUT2D eigenvalue weighted by atomic mass is 16.7. The summed E-state index contributed by atoms with van der Waals surface area (Å²) < 4.78 is 11.4. The predicted molar refractivity (Wildman–Crippen MR) is 109 cm³/mol. The molecule has 156 valence electrons. The first-order chi connectivity index (χ1) is 13.6. The van der Waals surface area contributed by atoms with Crippen molar-refractivity contribution in [2.45, 2.75) is 52.7 Å². The van der Waals surface area contributed by atoms with Crippen molar-refractivity contribution >= 4 is 11.9 Å². The average molecular weight is 400 g/mol. The van der Waals surface area contributed by atoms with Gasteiger partial charge in [0.05, 0.1) is 0 Å². The summed E-state index contributed by atoms with van der Waals surface area (Å²) in [5.41, 5.74) is -0.782. The Morgan fingerprint density at radius 3 is 1.62 bits per heavy atom. The Morgan fingerprint density at radius 1 is 0.828 bits per heavy atom. The van der Waals surface area contributed by atoms with Crippen LogP contribution in [0.4, 0.5) is 0 Å². The van der Waals surface area contributed by atoms with Gasteiger partial charge in [0.25, 0.3) is 5.79 Å². The van der Waals surface area contributed by atoms with E-state index in [1.54, 1.807) is 24.3 Å². The molecule has 0 aliphatic rings. The van der Waals surface area contributed by atoms with Crippen molar-refractivity contribution in [1.29, 1.82) is 0 Å². The molecule has 2 aromatic carbocycles. The molecule has 0 fully saturated rings. The number of para-hydroxylation sites is 2. The number of carbonyl (C=O) groups is 2. The second-order valence-corrected chi connectivity index (χ2v) is 7.75. The van der Waals surface area contributed by atoms with Gasteiger partial charge in [0.2, 0.25) is 0 Å². The van der Waals surface area contributed by atoms with E-state index in [-0.39, 0.29) is 22.6 Å². The fourth-order valence-electron chi connectivity index (χ4n) is 2.90. The minimum atomic E-state index is -1.64. The Morgan fingerprint density at radius 2 is 1.24 bits per heavy atom. The van der Waals surface area contributed by atoms with Gasteiger partial charge in [-0.15, -0.1) is 0 Å². The van der Waals surface area contributed by atoms with Crippen molar-refractivity contribution < 1.29 is 29.3 Å². The maximum absolute atomic E-state index is 12.8. The van der Waals surface area contributed by atoms with Crippen LogP contribution in [0.25, 0.3) is 0 Å². The number of hydrogen-bond donors (Lipinski definition) is 2. The molecule has 0 radical (unpaired) electrons. The Balaban J connectivity index is 2.38. The highest BCUT2D eigenvalue weighted by Crippen LogP contribution is 2.41. The first-order valence-electron chi connectivity index (χ1n) is 9.64. The van der Waals surface area contributed by atoms with Gasteiger partial charge >= 0.3 is 11.9 Å². The third-order valence-corrected chi connectivity index (χ3v) is 5.21. The number of esters is 2. The van der Waals surface area contributed by atoms with Crippen LogP contribution in [0, 0.1) is 5.41 Å². The number of carbonyl (C=O) groups excluding carboxylic acids is 2. The van der Waals surface area contributed by atoms with Crippen LogP contribution in [0.2, 0.25) is 0 Å². The van der Waals surface area contributed by atoms with Gasteiger partial charge in [-0.1, -0.05) is 57.9 Å². The van der Waals surface area contributed by atoms with Gasteiger partial charge < -0.3 is 19.7 Å². The highest BCUT2D eigenvalue weighted by Gasteiger charge is 2.48. The zero-order chi connectivity index (χ0) is 21.7. The second kappa shape index (κ2) is 8.99. The van der Waals surface area contributed by atoms with Gasteiger partial charge in [-0.3, -0.25) is 0 Å². The quantitative estimate of drug-likeness (QED) is 0.476. The Kier molecular flexibility index (Phi) is 6.90. The largest absolute Gasteiger partial charge is 0.507 e. The number of unbranched alkanes of at least 4 members (excludes halogenated alkanes) is 1. The third kappa shape index (κ3) is 5.08. The van der Waals surface area contributed by atoms with E-state index >= 15 is 0 Å². The molecule has 0 aromatic heterocycles. The fraction of sp³-hybridized carbons (Fsp3) is 0.391. The van der Waals surface area contributed by atoms with E-state index < -0.39 is 23.1 Å². The Bertz CT molecular complexity index is 812. The summed E-state index contributed by atoms with van der Waals surface area (Å²) in [6.07, 6.45) is 2.38. The summed E-state index contributed by atoms with van der Waals surface area (Å²) in [5, 5.41) is 20.0. The molecule has 6 nitrogen and oxygen atoms in total. The number of hydrogen-bond acceptors (Lipinski definition) is 6. The standard InChI is InChI=1S/C23H28O6/c1-5-6-15-22(2,3)23(4,28-20(26)16-11-7-9-13-18(16)24)29-21(27)17-12-8-10-14-19(17)25/h7-14,24-25H,5-6,15H2,1-4H3.